The standard InChI is InChI=1S/C21H19F2N3O5S/c1-12-15(10-17(30-12)13-3-2-4-14(9-13)31-20(22)23)18(27)25-21-24-16(11-32-21)19(28)26-5-7-29-8-6-26/h2-4,9-11,20H,5-8H2,1H3,(H,24,25,27). The van der Waals surface area contributed by atoms with Crippen molar-refractivity contribution in [1.29, 1.82) is 0 Å². The first-order chi connectivity index (χ1) is 15.4. The minimum absolute atomic E-state index is 0.0159. The van der Waals surface area contributed by atoms with Crippen LogP contribution in [-0.2, 0) is 4.74 Å². The average Bonchev–Trinajstić information content (AvgIpc) is 3.40. The van der Waals surface area contributed by atoms with Crippen molar-refractivity contribution in [3.8, 4) is 17.1 Å². The fourth-order valence-corrected chi connectivity index (χ4v) is 3.88. The van der Waals surface area contributed by atoms with Gasteiger partial charge in [-0.25, -0.2) is 4.98 Å². The molecule has 0 atom stereocenters. The Kier molecular flexibility index (Phi) is 6.47. The summed E-state index contributed by atoms with van der Waals surface area (Å²) in [5.74, 6) is -0.0127. The number of hydrogen-bond acceptors (Lipinski definition) is 7. The van der Waals surface area contributed by atoms with Gasteiger partial charge in [0.1, 0.15) is 23.0 Å². The fourth-order valence-electron chi connectivity index (χ4n) is 3.20. The van der Waals surface area contributed by atoms with E-state index in [1.165, 1.54) is 18.2 Å². The summed E-state index contributed by atoms with van der Waals surface area (Å²) >= 11 is 1.14. The first kappa shape index (κ1) is 21.9. The van der Waals surface area contributed by atoms with Crippen molar-refractivity contribution in [1.82, 2.24) is 9.88 Å². The maximum absolute atomic E-state index is 12.7. The van der Waals surface area contributed by atoms with Crippen LogP contribution in [0.3, 0.4) is 0 Å². The number of nitrogens with zero attached hydrogens (tertiary/aromatic N) is 2. The number of morpholine rings is 1. The number of halogens is 2. The molecule has 32 heavy (non-hydrogen) atoms. The lowest BCUT2D eigenvalue weighted by atomic mass is 10.1. The van der Waals surface area contributed by atoms with Gasteiger partial charge in [-0.2, -0.15) is 8.78 Å². The molecular weight excluding hydrogens is 444 g/mol. The molecule has 0 spiro atoms. The average molecular weight is 463 g/mol. The zero-order valence-electron chi connectivity index (χ0n) is 17.0. The van der Waals surface area contributed by atoms with Gasteiger partial charge in [-0.15, -0.1) is 11.3 Å². The summed E-state index contributed by atoms with van der Waals surface area (Å²) in [6.45, 7) is 0.644. The molecule has 0 bridgehead atoms. The van der Waals surface area contributed by atoms with E-state index in [1.807, 2.05) is 0 Å². The number of alkyl halides is 2. The van der Waals surface area contributed by atoms with E-state index in [1.54, 1.807) is 29.3 Å². The third-order valence-corrected chi connectivity index (χ3v) is 5.51. The van der Waals surface area contributed by atoms with E-state index in [9.17, 15) is 18.4 Å². The Morgan fingerprint density at radius 1 is 1.25 bits per heavy atom. The molecule has 0 aliphatic carbocycles. The number of furan rings is 1. The number of anilines is 1. The Morgan fingerprint density at radius 2 is 2.03 bits per heavy atom. The molecule has 4 rings (SSSR count). The number of aromatic nitrogens is 1. The maximum atomic E-state index is 12.7. The number of ether oxygens (including phenoxy) is 2. The lowest BCUT2D eigenvalue weighted by Crippen LogP contribution is -2.40. The molecule has 11 heteroatoms. The van der Waals surface area contributed by atoms with Gasteiger partial charge in [0.2, 0.25) is 0 Å². The number of amides is 2. The lowest BCUT2D eigenvalue weighted by Gasteiger charge is -2.25. The molecule has 1 N–H and O–H groups in total. The Morgan fingerprint density at radius 3 is 2.78 bits per heavy atom. The number of hydrogen-bond donors (Lipinski definition) is 1. The molecule has 2 aromatic heterocycles. The van der Waals surface area contributed by atoms with Crippen LogP contribution in [0.2, 0.25) is 0 Å². The molecular formula is C21H19F2N3O5S. The van der Waals surface area contributed by atoms with E-state index >= 15 is 0 Å². The Hall–Kier alpha value is -3.31. The summed E-state index contributed by atoms with van der Waals surface area (Å²) in [5.41, 5.74) is 1.00. The van der Waals surface area contributed by atoms with Crippen molar-refractivity contribution < 1.29 is 32.3 Å². The smallest absolute Gasteiger partial charge is 0.387 e. The van der Waals surface area contributed by atoms with Gasteiger partial charge in [-0.05, 0) is 25.1 Å². The number of nitrogens with one attached hydrogen (secondary N) is 1. The predicted molar refractivity (Wildman–Crippen MR) is 112 cm³/mol. The zero-order valence-corrected chi connectivity index (χ0v) is 17.8. The van der Waals surface area contributed by atoms with Crippen LogP contribution in [0.1, 0.15) is 26.6 Å². The van der Waals surface area contributed by atoms with Crippen LogP contribution in [0.15, 0.2) is 40.1 Å². The third-order valence-electron chi connectivity index (χ3n) is 4.75. The van der Waals surface area contributed by atoms with Crippen LogP contribution < -0.4 is 10.1 Å². The second kappa shape index (κ2) is 9.45. The molecule has 1 aliphatic heterocycles. The first-order valence-corrected chi connectivity index (χ1v) is 10.6. The monoisotopic (exact) mass is 463 g/mol. The number of carbonyl (C=O) groups is 2. The summed E-state index contributed by atoms with van der Waals surface area (Å²) < 4.78 is 40.2. The van der Waals surface area contributed by atoms with Crippen molar-refractivity contribution in [2.24, 2.45) is 0 Å². The molecule has 3 aromatic rings. The lowest BCUT2D eigenvalue weighted by molar-refractivity contribution is -0.0498. The Bertz CT molecular complexity index is 1120. The van der Waals surface area contributed by atoms with E-state index < -0.39 is 12.5 Å². The topological polar surface area (TPSA) is 93.9 Å². The first-order valence-electron chi connectivity index (χ1n) is 9.70. The van der Waals surface area contributed by atoms with E-state index in [4.69, 9.17) is 9.15 Å². The van der Waals surface area contributed by atoms with Gasteiger partial charge in [0, 0.05) is 24.0 Å². The molecule has 3 heterocycles. The molecule has 1 aliphatic rings. The minimum Gasteiger partial charge on any atom is -0.461 e. The molecule has 0 radical (unpaired) electrons. The minimum atomic E-state index is -2.94. The van der Waals surface area contributed by atoms with Crippen molar-refractivity contribution >= 4 is 28.3 Å². The fraction of sp³-hybridized carbons (Fsp3) is 0.286. The Balaban J connectivity index is 1.46. The van der Waals surface area contributed by atoms with E-state index in [-0.39, 0.29) is 28.0 Å². The molecule has 1 aromatic carbocycles. The Labute approximate surface area is 185 Å². The molecule has 168 valence electrons. The van der Waals surface area contributed by atoms with Crippen LogP contribution >= 0.6 is 11.3 Å². The van der Waals surface area contributed by atoms with Crippen LogP contribution in [0, 0.1) is 6.92 Å². The van der Waals surface area contributed by atoms with Crippen LogP contribution in [0.5, 0.6) is 5.75 Å². The molecule has 2 amide bonds. The third kappa shape index (κ3) is 4.94. The van der Waals surface area contributed by atoms with Gasteiger partial charge >= 0.3 is 6.61 Å². The highest BCUT2D eigenvalue weighted by Crippen LogP contribution is 2.29. The molecule has 0 unspecified atom stereocenters. The number of aryl methyl sites for hydroxylation is 1. The second-order valence-corrected chi connectivity index (χ2v) is 7.74. The predicted octanol–water partition coefficient (Wildman–Crippen LogP) is 4.04. The summed E-state index contributed by atoms with van der Waals surface area (Å²) in [6.07, 6.45) is 0. The van der Waals surface area contributed by atoms with Gasteiger partial charge in [0.25, 0.3) is 11.8 Å². The van der Waals surface area contributed by atoms with Gasteiger partial charge in [-0.3, -0.25) is 14.9 Å². The van der Waals surface area contributed by atoms with Gasteiger partial charge < -0.3 is 18.8 Å². The molecule has 0 saturated carbocycles. The van der Waals surface area contributed by atoms with E-state index in [0.29, 0.717) is 43.4 Å². The van der Waals surface area contributed by atoms with E-state index in [0.717, 1.165) is 11.3 Å². The summed E-state index contributed by atoms with van der Waals surface area (Å²) in [7, 11) is 0. The van der Waals surface area contributed by atoms with Crippen LogP contribution in [-0.4, -0.2) is 54.6 Å². The van der Waals surface area contributed by atoms with Gasteiger partial charge in [-0.1, -0.05) is 12.1 Å². The summed E-state index contributed by atoms with van der Waals surface area (Å²) in [5, 5.41) is 4.54. The summed E-state index contributed by atoms with van der Waals surface area (Å²) in [6, 6.07) is 7.52. The highest BCUT2D eigenvalue weighted by molar-refractivity contribution is 7.14. The van der Waals surface area contributed by atoms with Crippen LogP contribution in [0.25, 0.3) is 11.3 Å². The number of benzene rings is 1. The number of thiazole rings is 1. The molecule has 1 fully saturated rings. The SMILES string of the molecule is Cc1oc(-c2cccc(OC(F)F)c2)cc1C(=O)Nc1nc(C(=O)N2CCOCC2)cs1. The largest absolute Gasteiger partial charge is 0.461 e. The zero-order chi connectivity index (χ0) is 22.7. The highest BCUT2D eigenvalue weighted by atomic mass is 32.1. The quantitative estimate of drug-likeness (QED) is 0.593. The second-order valence-electron chi connectivity index (χ2n) is 6.88. The van der Waals surface area contributed by atoms with Crippen molar-refractivity contribution in [2.75, 3.05) is 31.6 Å². The molecule has 1 saturated heterocycles. The number of rotatable bonds is 6. The van der Waals surface area contributed by atoms with Gasteiger partial charge in [0.05, 0.1) is 18.8 Å². The highest BCUT2D eigenvalue weighted by Gasteiger charge is 2.22. The summed E-state index contributed by atoms with van der Waals surface area (Å²) in [4.78, 5) is 31.1. The van der Waals surface area contributed by atoms with E-state index in [2.05, 4.69) is 15.0 Å². The van der Waals surface area contributed by atoms with Crippen molar-refractivity contribution in [3.05, 3.63) is 52.7 Å². The maximum Gasteiger partial charge on any atom is 0.387 e. The number of carbonyl (C=O) groups excluding carboxylic acids is 2. The van der Waals surface area contributed by atoms with Crippen molar-refractivity contribution in [3.63, 3.8) is 0 Å². The van der Waals surface area contributed by atoms with Crippen molar-refractivity contribution in [2.45, 2.75) is 13.5 Å². The molecule has 8 nitrogen and oxygen atoms in total. The van der Waals surface area contributed by atoms with Crippen LogP contribution in [0.4, 0.5) is 13.9 Å². The normalized spacial score (nSPS) is 13.9. The van der Waals surface area contributed by atoms with Gasteiger partial charge in [0.15, 0.2) is 5.13 Å².